The molecular formula is C9H16N2O2. The van der Waals surface area contributed by atoms with Crippen LogP contribution < -0.4 is 5.32 Å². The first-order valence-electron chi connectivity index (χ1n) is 4.28. The van der Waals surface area contributed by atoms with Gasteiger partial charge in [0.05, 0.1) is 6.07 Å². The summed E-state index contributed by atoms with van der Waals surface area (Å²) < 4.78 is 4.97. The van der Waals surface area contributed by atoms with Gasteiger partial charge in [-0.15, -0.1) is 0 Å². The first-order chi connectivity index (χ1) is 5.89. The van der Waals surface area contributed by atoms with Crippen molar-refractivity contribution in [2.45, 2.75) is 45.8 Å². The number of hydrogen-bond donors (Lipinski definition) is 1. The number of alkyl carbamates (subject to hydrolysis) is 1. The van der Waals surface area contributed by atoms with Gasteiger partial charge in [-0.1, -0.05) is 6.92 Å². The molecule has 0 aliphatic heterocycles. The molecule has 0 radical (unpaired) electrons. The van der Waals surface area contributed by atoms with Crippen molar-refractivity contribution in [1.82, 2.24) is 5.32 Å². The van der Waals surface area contributed by atoms with E-state index in [9.17, 15) is 4.79 Å². The van der Waals surface area contributed by atoms with Gasteiger partial charge in [-0.3, -0.25) is 0 Å². The van der Waals surface area contributed by atoms with Gasteiger partial charge in [0.2, 0.25) is 0 Å². The summed E-state index contributed by atoms with van der Waals surface area (Å²) in [6.07, 6.45) is 0.0383. The smallest absolute Gasteiger partial charge is 0.408 e. The molecule has 4 heteroatoms. The van der Waals surface area contributed by atoms with E-state index in [0.717, 1.165) is 0 Å². The van der Waals surface area contributed by atoms with Crippen LogP contribution in [0, 0.1) is 11.3 Å². The van der Waals surface area contributed by atoms with E-state index in [1.807, 2.05) is 13.0 Å². The SMILES string of the molecule is CCC(C#N)NC(=O)OC(C)(C)C. The van der Waals surface area contributed by atoms with E-state index in [0.29, 0.717) is 6.42 Å². The molecule has 13 heavy (non-hydrogen) atoms. The highest BCUT2D eigenvalue weighted by Gasteiger charge is 2.18. The Morgan fingerprint density at radius 3 is 2.46 bits per heavy atom. The third-order valence-corrected chi connectivity index (χ3v) is 1.26. The number of hydrogen-bond acceptors (Lipinski definition) is 3. The number of rotatable bonds is 2. The highest BCUT2D eigenvalue weighted by Crippen LogP contribution is 2.06. The van der Waals surface area contributed by atoms with Crippen LogP contribution in [0.4, 0.5) is 4.79 Å². The molecule has 0 fully saturated rings. The van der Waals surface area contributed by atoms with Crippen molar-refractivity contribution in [2.75, 3.05) is 0 Å². The lowest BCUT2D eigenvalue weighted by Crippen LogP contribution is -2.38. The fraction of sp³-hybridized carbons (Fsp3) is 0.778. The van der Waals surface area contributed by atoms with E-state index in [-0.39, 0.29) is 0 Å². The van der Waals surface area contributed by atoms with Gasteiger partial charge in [-0.25, -0.2) is 4.79 Å². The van der Waals surface area contributed by atoms with Gasteiger partial charge in [-0.2, -0.15) is 5.26 Å². The Labute approximate surface area is 78.9 Å². The molecule has 4 nitrogen and oxygen atoms in total. The molecule has 1 N–H and O–H groups in total. The zero-order valence-electron chi connectivity index (χ0n) is 8.55. The molecule has 0 spiro atoms. The molecule has 74 valence electrons. The third kappa shape index (κ3) is 5.97. The number of ether oxygens (including phenoxy) is 1. The van der Waals surface area contributed by atoms with Gasteiger partial charge in [0.15, 0.2) is 0 Å². The number of nitrogens with one attached hydrogen (secondary N) is 1. The number of nitrogens with zero attached hydrogens (tertiary/aromatic N) is 1. The summed E-state index contributed by atoms with van der Waals surface area (Å²) in [5.41, 5.74) is -0.516. The minimum Gasteiger partial charge on any atom is -0.444 e. The molecule has 0 aromatic carbocycles. The molecule has 0 aliphatic carbocycles. The Morgan fingerprint density at radius 2 is 2.15 bits per heavy atom. The van der Waals surface area contributed by atoms with E-state index >= 15 is 0 Å². The Kier molecular flexibility index (Phi) is 4.26. The lowest BCUT2D eigenvalue weighted by Gasteiger charge is -2.20. The minimum atomic E-state index is -0.541. The average Bonchev–Trinajstić information content (AvgIpc) is 1.96. The van der Waals surface area contributed by atoms with Crippen molar-refractivity contribution in [1.29, 1.82) is 5.26 Å². The summed E-state index contributed by atoms with van der Waals surface area (Å²) in [5, 5.41) is 11.0. The largest absolute Gasteiger partial charge is 0.444 e. The van der Waals surface area contributed by atoms with Crippen LogP contribution in [-0.4, -0.2) is 17.7 Å². The molecular weight excluding hydrogens is 168 g/mol. The van der Waals surface area contributed by atoms with E-state index < -0.39 is 17.7 Å². The quantitative estimate of drug-likeness (QED) is 0.712. The van der Waals surface area contributed by atoms with Gasteiger partial charge in [0.25, 0.3) is 0 Å². The Hall–Kier alpha value is -1.24. The van der Waals surface area contributed by atoms with Crippen molar-refractivity contribution >= 4 is 6.09 Å². The average molecular weight is 184 g/mol. The molecule has 0 bridgehead atoms. The van der Waals surface area contributed by atoms with Crippen LogP contribution in [-0.2, 0) is 4.74 Å². The van der Waals surface area contributed by atoms with Gasteiger partial charge >= 0.3 is 6.09 Å². The second kappa shape index (κ2) is 4.70. The summed E-state index contributed by atoms with van der Waals surface area (Å²) in [7, 11) is 0. The molecule has 0 aromatic rings. The Bertz CT molecular complexity index is 213. The fourth-order valence-corrected chi connectivity index (χ4v) is 0.675. The van der Waals surface area contributed by atoms with E-state index in [4.69, 9.17) is 10.00 Å². The minimum absolute atomic E-state index is 0.463. The molecule has 0 aromatic heterocycles. The maximum atomic E-state index is 11.1. The molecule has 1 amide bonds. The van der Waals surface area contributed by atoms with Crippen molar-refractivity contribution < 1.29 is 9.53 Å². The zero-order valence-corrected chi connectivity index (χ0v) is 8.55. The standard InChI is InChI=1S/C9H16N2O2/c1-5-7(6-10)11-8(12)13-9(2,3)4/h7H,5H2,1-4H3,(H,11,12). The van der Waals surface area contributed by atoms with E-state index in [2.05, 4.69) is 5.32 Å². The Morgan fingerprint density at radius 1 is 1.62 bits per heavy atom. The van der Waals surface area contributed by atoms with Crippen LogP contribution in [0.5, 0.6) is 0 Å². The Balaban J connectivity index is 3.96. The lowest BCUT2D eigenvalue weighted by atomic mass is 10.2. The predicted molar refractivity (Wildman–Crippen MR) is 49.1 cm³/mol. The summed E-state index contributed by atoms with van der Waals surface area (Å²) in [5.74, 6) is 0. The van der Waals surface area contributed by atoms with Crippen LogP contribution in [0.25, 0.3) is 0 Å². The lowest BCUT2D eigenvalue weighted by molar-refractivity contribution is 0.0515. The molecule has 1 unspecified atom stereocenters. The number of carbonyl (C=O) groups is 1. The monoisotopic (exact) mass is 184 g/mol. The van der Waals surface area contributed by atoms with Crippen molar-refractivity contribution in [3.8, 4) is 6.07 Å². The van der Waals surface area contributed by atoms with Crippen LogP contribution >= 0.6 is 0 Å². The first-order valence-corrected chi connectivity index (χ1v) is 4.28. The van der Waals surface area contributed by atoms with Gasteiger partial charge in [0.1, 0.15) is 11.6 Å². The maximum absolute atomic E-state index is 11.1. The predicted octanol–water partition coefficient (Wildman–Crippen LogP) is 1.81. The molecule has 1 atom stereocenters. The van der Waals surface area contributed by atoms with Crippen molar-refractivity contribution in [3.05, 3.63) is 0 Å². The normalized spacial score (nSPS) is 12.8. The second-order valence-corrected chi connectivity index (χ2v) is 3.74. The van der Waals surface area contributed by atoms with Gasteiger partial charge < -0.3 is 10.1 Å². The van der Waals surface area contributed by atoms with E-state index in [1.165, 1.54) is 0 Å². The summed E-state index contributed by atoms with van der Waals surface area (Å²) in [4.78, 5) is 11.1. The molecule has 0 aliphatic rings. The van der Waals surface area contributed by atoms with Crippen LogP contribution in [0.2, 0.25) is 0 Å². The van der Waals surface area contributed by atoms with Gasteiger partial charge in [0, 0.05) is 0 Å². The van der Waals surface area contributed by atoms with Crippen molar-refractivity contribution in [2.24, 2.45) is 0 Å². The summed E-state index contributed by atoms with van der Waals surface area (Å²) >= 11 is 0. The molecule has 0 heterocycles. The van der Waals surface area contributed by atoms with Gasteiger partial charge in [-0.05, 0) is 27.2 Å². The fourth-order valence-electron chi connectivity index (χ4n) is 0.675. The number of carbonyl (C=O) groups excluding carboxylic acids is 1. The van der Waals surface area contributed by atoms with E-state index in [1.54, 1.807) is 20.8 Å². The second-order valence-electron chi connectivity index (χ2n) is 3.74. The highest BCUT2D eigenvalue weighted by atomic mass is 16.6. The van der Waals surface area contributed by atoms with Crippen LogP contribution in [0.1, 0.15) is 34.1 Å². The zero-order chi connectivity index (χ0) is 10.5. The number of amides is 1. The van der Waals surface area contributed by atoms with Crippen molar-refractivity contribution in [3.63, 3.8) is 0 Å². The summed E-state index contributed by atoms with van der Waals surface area (Å²) in [6, 6.07) is 1.49. The molecule has 0 rings (SSSR count). The first kappa shape index (κ1) is 11.8. The number of nitriles is 1. The van der Waals surface area contributed by atoms with Crippen LogP contribution in [0.15, 0.2) is 0 Å². The topological polar surface area (TPSA) is 62.1 Å². The highest BCUT2D eigenvalue weighted by molar-refractivity contribution is 5.68. The third-order valence-electron chi connectivity index (χ3n) is 1.26. The molecule has 0 saturated carbocycles. The molecule has 0 saturated heterocycles. The van der Waals surface area contributed by atoms with Crippen LogP contribution in [0.3, 0.4) is 0 Å². The maximum Gasteiger partial charge on any atom is 0.408 e. The summed E-state index contributed by atoms with van der Waals surface area (Å²) in [6.45, 7) is 7.16.